The van der Waals surface area contributed by atoms with Crippen LogP contribution < -0.4 is 5.56 Å². The Bertz CT molecular complexity index is 1090. The van der Waals surface area contributed by atoms with Crippen molar-refractivity contribution in [3.8, 4) is 0 Å². The van der Waals surface area contributed by atoms with Crippen molar-refractivity contribution >= 4 is 22.2 Å². The van der Waals surface area contributed by atoms with Gasteiger partial charge in [-0.15, -0.1) is 11.3 Å². The lowest BCUT2D eigenvalue weighted by Crippen LogP contribution is -2.53. The number of thiazole rings is 1. The number of rotatable bonds is 4. The number of fused-ring (bicyclic) bond motifs is 1. The average Bonchev–Trinajstić information content (AvgIpc) is 3.45. The molecule has 3 aromatic rings. The molecule has 1 amide bonds. The van der Waals surface area contributed by atoms with Crippen LogP contribution in [0.1, 0.15) is 36.9 Å². The fraction of sp³-hybridized carbons (Fsp3) is 0.435. The molecular formula is C23H26N4O2S. The second-order valence-corrected chi connectivity index (χ2v) is 9.24. The number of aromatic nitrogens is 2. The van der Waals surface area contributed by atoms with Crippen LogP contribution in [0.25, 0.3) is 4.96 Å². The number of carbonyl (C=O) groups is 1. The number of benzene rings is 1. The SMILES string of the molecule is O=C(N1CCN(Cc2cc(=O)n3ccsc3n2)CC1)C1(c2ccccc2)CCCC1. The Hall–Kier alpha value is -2.51. The first-order valence-corrected chi connectivity index (χ1v) is 11.6. The Balaban J connectivity index is 1.27. The van der Waals surface area contributed by atoms with Gasteiger partial charge in [-0.25, -0.2) is 4.98 Å². The topological polar surface area (TPSA) is 57.9 Å². The molecule has 6 nitrogen and oxygen atoms in total. The van der Waals surface area contributed by atoms with Crippen molar-refractivity contribution in [2.24, 2.45) is 0 Å². The van der Waals surface area contributed by atoms with Crippen LogP contribution in [0.5, 0.6) is 0 Å². The van der Waals surface area contributed by atoms with Gasteiger partial charge in [0.1, 0.15) is 0 Å². The van der Waals surface area contributed by atoms with E-state index in [0.717, 1.165) is 62.5 Å². The Labute approximate surface area is 179 Å². The Morgan fingerprint density at radius 1 is 1.07 bits per heavy atom. The van der Waals surface area contributed by atoms with Gasteiger partial charge in [-0.2, -0.15) is 0 Å². The first-order chi connectivity index (χ1) is 14.7. The van der Waals surface area contributed by atoms with Crippen molar-refractivity contribution in [2.75, 3.05) is 26.2 Å². The van der Waals surface area contributed by atoms with Crippen molar-refractivity contribution < 1.29 is 4.79 Å². The molecule has 30 heavy (non-hydrogen) atoms. The molecule has 0 N–H and O–H groups in total. The van der Waals surface area contributed by atoms with E-state index in [1.54, 1.807) is 16.7 Å². The molecule has 2 aliphatic rings. The maximum absolute atomic E-state index is 13.6. The third kappa shape index (κ3) is 3.46. The zero-order valence-electron chi connectivity index (χ0n) is 17.0. The molecule has 2 aromatic heterocycles. The van der Waals surface area contributed by atoms with Crippen LogP contribution in [0.4, 0.5) is 0 Å². The maximum atomic E-state index is 13.6. The third-order valence-corrected chi connectivity index (χ3v) is 7.35. The fourth-order valence-corrected chi connectivity index (χ4v) is 5.71. The summed E-state index contributed by atoms with van der Waals surface area (Å²) in [6.07, 6.45) is 5.89. The van der Waals surface area contributed by atoms with Gasteiger partial charge >= 0.3 is 0 Å². The lowest BCUT2D eigenvalue weighted by atomic mass is 9.77. The highest BCUT2D eigenvalue weighted by molar-refractivity contribution is 7.15. The number of hydrogen-bond donors (Lipinski definition) is 0. The summed E-state index contributed by atoms with van der Waals surface area (Å²) in [6, 6.07) is 12.0. The van der Waals surface area contributed by atoms with Gasteiger partial charge in [-0.3, -0.25) is 18.9 Å². The van der Waals surface area contributed by atoms with Crippen LogP contribution >= 0.6 is 11.3 Å². The normalized spacial score (nSPS) is 19.4. The number of nitrogens with zero attached hydrogens (tertiary/aromatic N) is 4. The molecule has 1 aliphatic carbocycles. The Morgan fingerprint density at radius 3 is 2.53 bits per heavy atom. The molecule has 0 radical (unpaired) electrons. The van der Waals surface area contributed by atoms with Gasteiger partial charge in [-0.1, -0.05) is 43.2 Å². The Kier molecular flexibility index (Phi) is 5.16. The summed E-state index contributed by atoms with van der Waals surface area (Å²) in [5, 5.41) is 1.88. The van der Waals surface area contributed by atoms with E-state index in [0.29, 0.717) is 12.5 Å². The first kappa shape index (κ1) is 19.5. The maximum Gasteiger partial charge on any atom is 0.258 e. The van der Waals surface area contributed by atoms with E-state index in [4.69, 9.17) is 0 Å². The molecule has 156 valence electrons. The van der Waals surface area contributed by atoms with E-state index in [1.165, 1.54) is 16.9 Å². The lowest BCUT2D eigenvalue weighted by molar-refractivity contribution is -0.139. The largest absolute Gasteiger partial charge is 0.339 e. The van der Waals surface area contributed by atoms with Crippen molar-refractivity contribution in [3.05, 3.63) is 69.6 Å². The second-order valence-electron chi connectivity index (χ2n) is 8.36. The van der Waals surface area contributed by atoms with Gasteiger partial charge in [0.05, 0.1) is 11.1 Å². The van der Waals surface area contributed by atoms with Gasteiger partial charge in [-0.05, 0) is 18.4 Å². The Morgan fingerprint density at radius 2 is 1.80 bits per heavy atom. The van der Waals surface area contributed by atoms with Gasteiger partial charge in [0, 0.05) is 50.4 Å². The molecule has 0 bridgehead atoms. The van der Waals surface area contributed by atoms with E-state index >= 15 is 0 Å². The van der Waals surface area contributed by atoms with E-state index < -0.39 is 0 Å². The number of amides is 1. The van der Waals surface area contributed by atoms with Crippen LogP contribution in [-0.2, 0) is 16.8 Å². The van der Waals surface area contributed by atoms with Crippen molar-refractivity contribution in [1.82, 2.24) is 19.2 Å². The van der Waals surface area contributed by atoms with Crippen molar-refractivity contribution in [2.45, 2.75) is 37.6 Å². The van der Waals surface area contributed by atoms with Gasteiger partial charge in [0.15, 0.2) is 4.96 Å². The second kappa shape index (κ2) is 7.96. The quantitative estimate of drug-likeness (QED) is 0.649. The molecule has 7 heteroatoms. The van der Waals surface area contributed by atoms with Gasteiger partial charge in [0.25, 0.3) is 5.56 Å². The van der Waals surface area contributed by atoms with Gasteiger partial charge in [0.2, 0.25) is 5.91 Å². The molecule has 3 heterocycles. The summed E-state index contributed by atoms with van der Waals surface area (Å²) in [5.74, 6) is 0.294. The monoisotopic (exact) mass is 422 g/mol. The van der Waals surface area contributed by atoms with Crippen LogP contribution in [-0.4, -0.2) is 51.3 Å². The minimum atomic E-state index is -0.343. The molecule has 0 unspecified atom stereocenters. The minimum Gasteiger partial charge on any atom is -0.339 e. The van der Waals surface area contributed by atoms with Crippen molar-refractivity contribution in [1.29, 1.82) is 0 Å². The number of carbonyl (C=O) groups excluding carboxylic acids is 1. The van der Waals surface area contributed by atoms with E-state index in [-0.39, 0.29) is 11.0 Å². The van der Waals surface area contributed by atoms with E-state index in [1.807, 2.05) is 23.6 Å². The fourth-order valence-electron chi connectivity index (χ4n) is 4.97. The summed E-state index contributed by atoms with van der Waals surface area (Å²) in [7, 11) is 0. The van der Waals surface area contributed by atoms with Crippen LogP contribution in [0, 0.1) is 0 Å². The highest BCUT2D eigenvalue weighted by Gasteiger charge is 2.45. The molecule has 1 saturated heterocycles. The molecule has 1 saturated carbocycles. The molecular weight excluding hydrogens is 396 g/mol. The molecule has 1 aromatic carbocycles. The average molecular weight is 423 g/mol. The zero-order chi connectivity index (χ0) is 20.6. The summed E-state index contributed by atoms with van der Waals surface area (Å²) < 4.78 is 1.58. The summed E-state index contributed by atoms with van der Waals surface area (Å²) >= 11 is 1.47. The van der Waals surface area contributed by atoms with E-state index in [9.17, 15) is 9.59 Å². The molecule has 1 aliphatic heterocycles. The first-order valence-electron chi connectivity index (χ1n) is 10.7. The van der Waals surface area contributed by atoms with Crippen LogP contribution in [0.3, 0.4) is 0 Å². The summed E-state index contributed by atoms with van der Waals surface area (Å²) in [5.41, 5.74) is 1.60. The molecule has 2 fully saturated rings. The number of piperazine rings is 1. The minimum absolute atomic E-state index is 0.0314. The van der Waals surface area contributed by atoms with Crippen molar-refractivity contribution in [3.63, 3.8) is 0 Å². The standard InChI is InChI=1S/C23H26N4O2S/c28-20-16-19(24-22-27(20)14-15-30-22)17-25-10-12-26(13-11-25)21(29)23(8-4-5-9-23)18-6-2-1-3-7-18/h1-3,6-7,14-16H,4-5,8-13,17H2. The summed E-state index contributed by atoms with van der Waals surface area (Å²) in [6.45, 7) is 3.72. The van der Waals surface area contributed by atoms with E-state index in [2.05, 4.69) is 26.9 Å². The highest BCUT2D eigenvalue weighted by atomic mass is 32.1. The summed E-state index contributed by atoms with van der Waals surface area (Å²) in [4.78, 5) is 35.5. The molecule has 0 atom stereocenters. The molecule has 0 spiro atoms. The third-order valence-electron chi connectivity index (χ3n) is 6.59. The zero-order valence-corrected chi connectivity index (χ0v) is 17.8. The predicted octanol–water partition coefficient (Wildman–Crippen LogP) is 2.91. The molecule has 5 rings (SSSR count). The lowest BCUT2D eigenvalue weighted by Gasteiger charge is -2.40. The van der Waals surface area contributed by atoms with Gasteiger partial charge < -0.3 is 4.90 Å². The predicted molar refractivity (Wildman–Crippen MR) is 118 cm³/mol. The van der Waals surface area contributed by atoms with Crippen LogP contribution in [0.15, 0.2) is 52.8 Å². The highest BCUT2D eigenvalue weighted by Crippen LogP contribution is 2.42. The van der Waals surface area contributed by atoms with Crippen LogP contribution in [0.2, 0.25) is 0 Å². The smallest absolute Gasteiger partial charge is 0.258 e. The number of hydrogen-bond acceptors (Lipinski definition) is 5.